The van der Waals surface area contributed by atoms with Crippen molar-refractivity contribution in [3.63, 3.8) is 0 Å². The molecule has 4 rings (SSSR count). The lowest BCUT2D eigenvalue weighted by molar-refractivity contribution is 0.315. The van der Waals surface area contributed by atoms with Gasteiger partial charge in [0.1, 0.15) is 0 Å². The van der Waals surface area contributed by atoms with Gasteiger partial charge in [0, 0.05) is 22.7 Å². The number of fused-ring (bicyclic) bond motifs is 1. The van der Waals surface area contributed by atoms with E-state index in [-0.39, 0.29) is 0 Å². The Balaban J connectivity index is 1.72. The zero-order valence-corrected chi connectivity index (χ0v) is 12.9. The maximum atomic E-state index is 6.15. The molecular weight excluding hydrogens is 351 g/mol. The number of rotatable bonds is 2. The molecule has 1 aliphatic carbocycles. The molecule has 0 radical (unpaired) electrons. The van der Waals surface area contributed by atoms with E-state index in [4.69, 9.17) is 5.73 Å². The van der Waals surface area contributed by atoms with Gasteiger partial charge < -0.3 is 10.3 Å². The second-order valence-corrected chi connectivity index (χ2v) is 6.89. The molecule has 0 spiro atoms. The Hall–Kier alpha value is -0.820. The van der Waals surface area contributed by atoms with Crippen LogP contribution in [0.1, 0.15) is 25.3 Å². The van der Waals surface area contributed by atoms with Crippen molar-refractivity contribution in [3.05, 3.63) is 21.8 Å². The summed E-state index contributed by atoms with van der Waals surface area (Å²) < 4.78 is 3.45. The van der Waals surface area contributed by atoms with Crippen molar-refractivity contribution >= 4 is 39.6 Å². The highest BCUT2D eigenvalue weighted by Gasteiger charge is 2.35. The monoisotopic (exact) mass is 368 g/mol. The van der Waals surface area contributed by atoms with Gasteiger partial charge in [-0.15, -0.1) is 0 Å². The molecule has 0 amide bonds. The highest BCUT2D eigenvalue weighted by Crippen LogP contribution is 2.35. The number of imidazole rings is 1. The minimum Gasteiger partial charge on any atom is -0.369 e. The van der Waals surface area contributed by atoms with Gasteiger partial charge in [0.25, 0.3) is 0 Å². The smallest absolute Gasteiger partial charge is 0.201 e. The van der Waals surface area contributed by atoms with Crippen LogP contribution in [0.5, 0.6) is 0 Å². The van der Waals surface area contributed by atoms with E-state index in [2.05, 4.69) is 55.2 Å². The number of halogens is 1. The first-order valence-corrected chi connectivity index (χ1v) is 7.97. The minimum atomic E-state index is 0.491. The lowest BCUT2D eigenvalue weighted by Crippen LogP contribution is -2.24. The number of anilines is 1. The molecule has 100 valence electrons. The van der Waals surface area contributed by atoms with Gasteiger partial charge in [0.05, 0.1) is 17.1 Å². The molecule has 1 atom stereocenters. The van der Waals surface area contributed by atoms with Crippen LogP contribution >= 0.6 is 22.6 Å². The molecule has 19 heavy (non-hydrogen) atoms. The summed E-state index contributed by atoms with van der Waals surface area (Å²) in [6, 6.07) is 7.73. The predicted octanol–water partition coefficient (Wildman–Crippen LogP) is 2.63. The number of nitrogens with two attached hydrogens (primary N) is 1. The van der Waals surface area contributed by atoms with Crippen LogP contribution in [0.15, 0.2) is 18.2 Å². The van der Waals surface area contributed by atoms with Gasteiger partial charge in [-0.1, -0.05) is 0 Å². The summed E-state index contributed by atoms with van der Waals surface area (Å²) in [5.41, 5.74) is 8.35. The number of hydrogen-bond donors (Lipinski definition) is 1. The van der Waals surface area contributed by atoms with Crippen LogP contribution in [0, 0.1) is 3.57 Å². The Labute approximate surface area is 126 Å². The van der Waals surface area contributed by atoms with Crippen LogP contribution in [-0.2, 0) is 0 Å². The molecule has 2 N–H and O–H groups in total. The molecule has 2 fully saturated rings. The summed E-state index contributed by atoms with van der Waals surface area (Å²) >= 11 is 2.32. The van der Waals surface area contributed by atoms with E-state index in [1.807, 2.05) is 0 Å². The fourth-order valence-electron chi connectivity index (χ4n) is 3.22. The highest BCUT2D eigenvalue weighted by molar-refractivity contribution is 14.1. The number of nitrogen functional groups attached to an aromatic ring is 1. The van der Waals surface area contributed by atoms with E-state index in [0.717, 1.165) is 18.1 Å². The van der Waals surface area contributed by atoms with Gasteiger partial charge in [0.15, 0.2) is 0 Å². The SMILES string of the molecule is Nc1nc2cc(I)ccc2n1C1CCN(C2CC2)C1. The molecule has 0 bridgehead atoms. The summed E-state index contributed by atoms with van der Waals surface area (Å²) in [4.78, 5) is 7.14. The van der Waals surface area contributed by atoms with Gasteiger partial charge in [-0.2, -0.15) is 0 Å². The number of benzene rings is 1. The van der Waals surface area contributed by atoms with Crippen LogP contribution in [0.25, 0.3) is 11.0 Å². The molecular formula is C14H17IN4. The summed E-state index contributed by atoms with van der Waals surface area (Å²) in [5, 5.41) is 0. The average Bonchev–Trinajstić information content (AvgIpc) is 3.02. The van der Waals surface area contributed by atoms with Crippen molar-refractivity contribution in [2.24, 2.45) is 0 Å². The van der Waals surface area contributed by atoms with Crippen LogP contribution < -0.4 is 5.73 Å². The molecule has 1 aliphatic heterocycles. The van der Waals surface area contributed by atoms with Gasteiger partial charge in [-0.3, -0.25) is 4.90 Å². The third kappa shape index (κ3) is 2.03. The molecule has 1 aromatic carbocycles. The van der Waals surface area contributed by atoms with Crippen LogP contribution in [-0.4, -0.2) is 33.6 Å². The van der Waals surface area contributed by atoms with E-state index in [9.17, 15) is 0 Å². The Kier molecular flexibility index (Phi) is 2.73. The molecule has 2 heterocycles. The van der Waals surface area contributed by atoms with Crippen LogP contribution in [0.4, 0.5) is 5.95 Å². The normalized spacial score (nSPS) is 24.4. The summed E-state index contributed by atoms with van der Waals surface area (Å²) in [5.74, 6) is 0.666. The average molecular weight is 368 g/mol. The van der Waals surface area contributed by atoms with Crippen molar-refractivity contribution in [1.82, 2.24) is 14.5 Å². The zero-order chi connectivity index (χ0) is 13.0. The second kappa shape index (κ2) is 4.34. The van der Waals surface area contributed by atoms with Crippen LogP contribution in [0.2, 0.25) is 0 Å². The van der Waals surface area contributed by atoms with Crippen molar-refractivity contribution in [2.45, 2.75) is 31.3 Å². The van der Waals surface area contributed by atoms with Crippen molar-refractivity contribution < 1.29 is 0 Å². The summed E-state index contributed by atoms with van der Waals surface area (Å²) in [6.45, 7) is 2.34. The van der Waals surface area contributed by atoms with Gasteiger partial charge >= 0.3 is 0 Å². The van der Waals surface area contributed by atoms with Crippen molar-refractivity contribution in [3.8, 4) is 0 Å². The predicted molar refractivity (Wildman–Crippen MR) is 85.1 cm³/mol. The first-order valence-electron chi connectivity index (χ1n) is 6.89. The van der Waals surface area contributed by atoms with Crippen molar-refractivity contribution in [2.75, 3.05) is 18.8 Å². The van der Waals surface area contributed by atoms with E-state index < -0.39 is 0 Å². The summed E-state index contributed by atoms with van der Waals surface area (Å²) in [7, 11) is 0. The largest absolute Gasteiger partial charge is 0.369 e. The second-order valence-electron chi connectivity index (χ2n) is 5.64. The Morgan fingerprint density at radius 3 is 2.84 bits per heavy atom. The van der Waals surface area contributed by atoms with E-state index in [1.54, 1.807) is 0 Å². The molecule has 1 aromatic heterocycles. The number of aromatic nitrogens is 2. The molecule has 2 aliphatic rings. The highest BCUT2D eigenvalue weighted by atomic mass is 127. The van der Waals surface area contributed by atoms with Crippen molar-refractivity contribution in [1.29, 1.82) is 0 Å². The quantitative estimate of drug-likeness (QED) is 0.830. The first-order chi connectivity index (χ1) is 9.22. The Morgan fingerprint density at radius 2 is 2.05 bits per heavy atom. The molecule has 2 aromatic rings. The van der Waals surface area contributed by atoms with Gasteiger partial charge in [-0.25, -0.2) is 4.98 Å². The maximum absolute atomic E-state index is 6.15. The topological polar surface area (TPSA) is 47.1 Å². The Bertz CT molecular complexity index is 632. The third-order valence-corrected chi connectivity index (χ3v) is 4.97. The van der Waals surface area contributed by atoms with E-state index in [0.29, 0.717) is 12.0 Å². The van der Waals surface area contributed by atoms with E-state index >= 15 is 0 Å². The van der Waals surface area contributed by atoms with Gasteiger partial charge in [-0.05, 0) is 60.1 Å². The standard InChI is InChI=1S/C14H17IN4/c15-9-1-4-13-12(7-9)17-14(16)19(13)11-5-6-18(8-11)10-2-3-10/h1,4,7,10-11H,2-3,5-6,8H2,(H2,16,17). The third-order valence-electron chi connectivity index (χ3n) is 4.30. The number of likely N-dealkylation sites (tertiary alicyclic amines) is 1. The molecule has 1 saturated heterocycles. The van der Waals surface area contributed by atoms with E-state index in [1.165, 1.54) is 34.9 Å². The molecule has 1 saturated carbocycles. The fourth-order valence-corrected chi connectivity index (χ4v) is 3.70. The lowest BCUT2D eigenvalue weighted by Gasteiger charge is -2.17. The minimum absolute atomic E-state index is 0.491. The first kappa shape index (κ1) is 12.0. The van der Waals surface area contributed by atoms with Gasteiger partial charge in [0.2, 0.25) is 5.95 Å². The Morgan fingerprint density at radius 1 is 1.21 bits per heavy atom. The molecule has 4 nitrogen and oxygen atoms in total. The molecule has 5 heteroatoms. The molecule has 1 unspecified atom stereocenters. The maximum Gasteiger partial charge on any atom is 0.201 e. The fraction of sp³-hybridized carbons (Fsp3) is 0.500. The number of nitrogens with zero attached hydrogens (tertiary/aromatic N) is 3. The lowest BCUT2D eigenvalue weighted by atomic mass is 10.2. The zero-order valence-electron chi connectivity index (χ0n) is 10.7. The number of hydrogen-bond acceptors (Lipinski definition) is 3. The van der Waals surface area contributed by atoms with Crippen LogP contribution in [0.3, 0.4) is 0 Å². The summed E-state index contributed by atoms with van der Waals surface area (Å²) in [6.07, 6.45) is 3.95.